The summed E-state index contributed by atoms with van der Waals surface area (Å²) in [7, 11) is 0. The standard InChI is InChI=1S/C12H24N2O2/c1-4-10-11(6-5-9(3)14-10)16-7-8(2)12(13)15/h8-11,14H,4-7H2,1-3H3,(H2,13,15). The van der Waals surface area contributed by atoms with Gasteiger partial charge in [-0.2, -0.15) is 0 Å². The summed E-state index contributed by atoms with van der Waals surface area (Å²) in [5, 5.41) is 3.53. The lowest BCUT2D eigenvalue weighted by Crippen LogP contribution is -2.50. The van der Waals surface area contributed by atoms with Gasteiger partial charge in [-0.3, -0.25) is 4.79 Å². The van der Waals surface area contributed by atoms with E-state index in [1.54, 1.807) is 0 Å². The largest absolute Gasteiger partial charge is 0.376 e. The van der Waals surface area contributed by atoms with Gasteiger partial charge >= 0.3 is 0 Å². The molecule has 4 heteroatoms. The third kappa shape index (κ3) is 3.76. The van der Waals surface area contributed by atoms with E-state index in [0.717, 1.165) is 19.3 Å². The third-order valence-corrected chi connectivity index (χ3v) is 3.32. The van der Waals surface area contributed by atoms with Crippen LogP contribution in [0.5, 0.6) is 0 Å². The molecule has 1 heterocycles. The highest BCUT2D eigenvalue weighted by Gasteiger charge is 2.27. The molecule has 0 aromatic rings. The molecule has 1 aliphatic rings. The fourth-order valence-electron chi connectivity index (χ4n) is 2.10. The summed E-state index contributed by atoms with van der Waals surface area (Å²) in [5.41, 5.74) is 5.21. The second kappa shape index (κ2) is 6.21. The molecule has 1 saturated heterocycles. The molecule has 1 amide bonds. The smallest absolute Gasteiger partial charge is 0.222 e. The number of nitrogens with one attached hydrogen (secondary N) is 1. The Hall–Kier alpha value is -0.610. The van der Waals surface area contributed by atoms with Gasteiger partial charge in [-0.05, 0) is 26.2 Å². The van der Waals surface area contributed by atoms with Crippen LogP contribution in [-0.2, 0) is 9.53 Å². The van der Waals surface area contributed by atoms with E-state index in [9.17, 15) is 4.79 Å². The predicted octanol–water partition coefficient (Wildman–Crippen LogP) is 1.04. The molecule has 1 fully saturated rings. The van der Waals surface area contributed by atoms with Crippen LogP contribution in [0.25, 0.3) is 0 Å². The Labute approximate surface area is 97.9 Å². The quantitative estimate of drug-likeness (QED) is 0.739. The Bertz CT molecular complexity index is 233. The number of nitrogens with two attached hydrogens (primary N) is 1. The Balaban J connectivity index is 2.37. The molecule has 0 bridgehead atoms. The van der Waals surface area contributed by atoms with Crippen LogP contribution in [0.4, 0.5) is 0 Å². The number of hydrogen-bond donors (Lipinski definition) is 2. The van der Waals surface area contributed by atoms with Gasteiger partial charge in [0.05, 0.1) is 18.6 Å². The van der Waals surface area contributed by atoms with E-state index >= 15 is 0 Å². The highest BCUT2D eigenvalue weighted by molar-refractivity contribution is 5.76. The fourth-order valence-corrected chi connectivity index (χ4v) is 2.10. The van der Waals surface area contributed by atoms with Crippen LogP contribution in [0.3, 0.4) is 0 Å². The molecule has 4 atom stereocenters. The highest BCUT2D eigenvalue weighted by atomic mass is 16.5. The Morgan fingerprint density at radius 2 is 2.25 bits per heavy atom. The number of piperidine rings is 1. The van der Waals surface area contributed by atoms with Crippen LogP contribution in [0.2, 0.25) is 0 Å². The number of rotatable bonds is 5. The van der Waals surface area contributed by atoms with Crippen molar-refractivity contribution in [3.05, 3.63) is 0 Å². The molecule has 3 N–H and O–H groups in total. The molecule has 16 heavy (non-hydrogen) atoms. The van der Waals surface area contributed by atoms with Gasteiger partial charge in [0.25, 0.3) is 0 Å². The van der Waals surface area contributed by atoms with Gasteiger partial charge in [0.15, 0.2) is 0 Å². The number of primary amides is 1. The molecular weight excluding hydrogens is 204 g/mol. The molecule has 4 nitrogen and oxygen atoms in total. The predicted molar refractivity (Wildman–Crippen MR) is 64.0 cm³/mol. The summed E-state index contributed by atoms with van der Waals surface area (Å²) in [6, 6.07) is 0.974. The summed E-state index contributed by atoms with van der Waals surface area (Å²) in [6.45, 7) is 6.60. The van der Waals surface area contributed by atoms with E-state index < -0.39 is 0 Å². The average molecular weight is 228 g/mol. The molecule has 1 aliphatic heterocycles. The zero-order valence-corrected chi connectivity index (χ0v) is 10.5. The second-order valence-corrected chi connectivity index (χ2v) is 4.84. The molecule has 0 radical (unpaired) electrons. The first-order valence-electron chi connectivity index (χ1n) is 6.21. The zero-order valence-electron chi connectivity index (χ0n) is 10.5. The van der Waals surface area contributed by atoms with Crippen molar-refractivity contribution in [2.24, 2.45) is 11.7 Å². The van der Waals surface area contributed by atoms with Crippen LogP contribution >= 0.6 is 0 Å². The minimum Gasteiger partial charge on any atom is -0.376 e. The van der Waals surface area contributed by atoms with Gasteiger partial charge in [0.2, 0.25) is 5.91 Å². The Morgan fingerprint density at radius 1 is 1.56 bits per heavy atom. The van der Waals surface area contributed by atoms with Gasteiger partial charge in [-0.15, -0.1) is 0 Å². The first-order valence-corrected chi connectivity index (χ1v) is 6.21. The number of ether oxygens (including phenoxy) is 1. The van der Waals surface area contributed by atoms with Gasteiger partial charge in [0, 0.05) is 12.1 Å². The van der Waals surface area contributed by atoms with Crippen molar-refractivity contribution in [3.63, 3.8) is 0 Å². The molecule has 0 spiro atoms. The molecule has 1 rings (SSSR count). The topological polar surface area (TPSA) is 64.3 Å². The van der Waals surface area contributed by atoms with Crippen molar-refractivity contribution < 1.29 is 9.53 Å². The summed E-state index contributed by atoms with van der Waals surface area (Å²) in [6.07, 6.45) is 3.48. The van der Waals surface area contributed by atoms with E-state index in [0.29, 0.717) is 18.7 Å². The molecule has 0 aliphatic carbocycles. The van der Waals surface area contributed by atoms with Gasteiger partial charge in [-0.1, -0.05) is 13.8 Å². The van der Waals surface area contributed by atoms with E-state index in [-0.39, 0.29) is 17.9 Å². The normalized spacial score (nSPS) is 32.3. The van der Waals surface area contributed by atoms with E-state index in [1.807, 2.05) is 6.92 Å². The van der Waals surface area contributed by atoms with Crippen LogP contribution in [0.1, 0.15) is 40.0 Å². The maximum absolute atomic E-state index is 10.9. The lowest BCUT2D eigenvalue weighted by atomic mass is 9.94. The van der Waals surface area contributed by atoms with Crippen molar-refractivity contribution in [1.82, 2.24) is 5.32 Å². The lowest BCUT2D eigenvalue weighted by molar-refractivity contribution is -0.124. The van der Waals surface area contributed by atoms with E-state index in [2.05, 4.69) is 19.2 Å². The number of amides is 1. The zero-order chi connectivity index (χ0) is 12.1. The van der Waals surface area contributed by atoms with Crippen LogP contribution in [0, 0.1) is 5.92 Å². The monoisotopic (exact) mass is 228 g/mol. The molecule has 0 saturated carbocycles. The van der Waals surface area contributed by atoms with Crippen molar-refractivity contribution in [1.29, 1.82) is 0 Å². The third-order valence-electron chi connectivity index (χ3n) is 3.32. The first kappa shape index (κ1) is 13.5. The van der Waals surface area contributed by atoms with E-state index in [4.69, 9.17) is 10.5 Å². The molecule has 0 aromatic carbocycles. The van der Waals surface area contributed by atoms with Gasteiger partial charge in [0.1, 0.15) is 0 Å². The molecule has 94 valence electrons. The van der Waals surface area contributed by atoms with Crippen molar-refractivity contribution in [2.45, 2.75) is 58.2 Å². The van der Waals surface area contributed by atoms with E-state index in [1.165, 1.54) is 0 Å². The summed E-state index contributed by atoms with van der Waals surface area (Å²) in [5.74, 6) is -0.484. The van der Waals surface area contributed by atoms with Gasteiger partial charge in [-0.25, -0.2) is 0 Å². The fraction of sp³-hybridized carbons (Fsp3) is 0.917. The van der Waals surface area contributed by atoms with Crippen LogP contribution in [0.15, 0.2) is 0 Å². The number of carbonyl (C=O) groups is 1. The van der Waals surface area contributed by atoms with Crippen molar-refractivity contribution in [2.75, 3.05) is 6.61 Å². The van der Waals surface area contributed by atoms with Crippen molar-refractivity contribution >= 4 is 5.91 Å². The Morgan fingerprint density at radius 3 is 2.81 bits per heavy atom. The highest BCUT2D eigenvalue weighted by Crippen LogP contribution is 2.19. The summed E-state index contributed by atoms with van der Waals surface area (Å²) >= 11 is 0. The average Bonchev–Trinajstić information content (AvgIpc) is 2.26. The second-order valence-electron chi connectivity index (χ2n) is 4.84. The summed E-state index contributed by atoms with van der Waals surface area (Å²) < 4.78 is 5.79. The number of carbonyl (C=O) groups excluding carboxylic acids is 1. The Kier molecular flexibility index (Phi) is 5.22. The molecule has 0 aromatic heterocycles. The SMILES string of the molecule is CCC1NC(C)CCC1OCC(C)C(N)=O. The minimum absolute atomic E-state index is 0.197. The maximum Gasteiger partial charge on any atom is 0.222 e. The lowest BCUT2D eigenvalue weighted by Gasteiger charge is -2.36. The van der Waals surface area contributed by atoms with Crippen LogP contribution in [-0.4, -0.2) is 30.7 Å². The summed E-state index contributed by atoms with van der Waals surface area (Å²) in [4.78, 5) is 10.9. The number of hydrogen-bond acceptors (Lipinski definition) is 3. The van der Waals surface area contributed by atoms with Crippen LogP contribution < -0.4 is 11.1 Å². The minimum atomic E-state index is -0.287. The molecular formula is C12H24N2O2. The first-order chi connectivity index (χ1) is 7.54. The maximum atomic E-state index is 10.9. The van der Waals surface area contributed by atoms with Crippen molar-refractivity contribution in [3.8, 4) is 0 Å². The van der Waals surface area contributed by atoms with Gasteiger partial charge < -0.3 is 15.8 Å². The molecule has 4 unspecified atom stereocenters.